The molecule has 34 heavy (non-hydrogen) atoms. The predicted octanol–water partition coefficient (Wildman–Crippen LogP) is 3.32. The van der Waals surface area contributed by atoms with Crippen LogP contribution in [-0.2, 0) is 16.1 Å². The summed E-state index contributed by atoms with van der Waals surface area (Å²) in [4.78, 5) is 45.7. The molecule has 1 aliphatic rings. The number of aromatic nitrogens is 2. The second-order valence-electron chi connectivity index (χ2n) is 7.99. The van der Waals surface area contributed by atoms with Crippen molar-refractivity contribution in [2.75, 3.05) is 27.4 Å². The number of methoxy groups -OCH3 is 2. The average molecular weight is 486 g/mol. The smallest absolute Gasteiger partial charge is 0.348 e. The van der Waals surface area contributed by atoms with Crippen LogP contribution in [0.25, 0.3) is 10.2 Å². The Bertz CT molecular complexity index is 1300. The number of carbonyl (C=O) groups excluding carboxylic acids is 2. The number of aryl methyl sites for hydroxylation is 1. The van der Waals surface area contributed by atoms with E-state index in [0.717, 1.165) is 29.7 Å². The minimum absolute atomic E-state index is 0.144. The lowest BCUT2D eigenvalue weighted by Gasteiger charge is -2.27. The molecule has 2 aromatic heterocycles. The molecule has 1 saturated heterocycles. The number of hydrogen-bond acceptors (Lipinski definition) is 8. The van der Waals surface area contributed by atoms with E-state index in [0.29, 0.717) is 38.7 Å². The molecule has 1 amide bonds. The zero-order valence-corrected chi connectivity index (χ0v) is 20.4. The largest absolute Gasteiger partial charge is 0.497 e. The molecule has 0 saturated carbocycles. The van der Waals surface area contributed by atoms with Crippen LogP contribution in [0, 0.1) is 6.92 Å². The molecule has 1 unspecified atom stereocenters. The number of nitrogens with zero attached hydrogens (tertiary/aromatic N) is 3. The minimum atomic E-state index is -0.475. The van der Waals surface area contributed by atoms with Gasteiger partial charge in [-0.2, -0.15) is 0 Å². The number of fused-ring (bicyclic) bond motifs is 1. The van der Waals surface area contributed by atoms with Gasteiger partial charge in [-0.1, -0.05) is 0 Å². The molecule has 3 aromatic rings. The Labute approximate surface area is 200 Å². The zero-order valence-electron chi connectivity index (χ0n) is 19.6. The number of amides is 1. The number of ether oxygens (including phenoxy) is 3. The van der Waals surface area contributed by atoms with Gasteiger partial charge < -0.3 is 19.1 Å². The maximum Gasteiger partial charge on any atom is 0.348 e. The summed E-state index contributed by atoms with van der Waals surface area (Å²) in [5.74, 6) is 0.712. The number of benzene rings is 1. The Hall–Kier alpha value is -3.40. The average Bonchev–Trinajstić information content (AvgIpc) is 3.46. The highest BCUT2D eigenvalue weighted by atomic mass is 32.1. The van der Waals surface area contributed by atoms with Gasteiger partial charge in [0.1, 0.15) is 27.8 Å². The summed E-state index contributed by atoms with van der Waals surface area (Å²) in [6.07, 6.45) is 2.99. The fourth-order valence-corrected chi connectivity index (χ4v) is 5.42. The summed E-state index contributed by atoms with van der Waals surface area (Å²) in [5.41, 5.74) is 1.05. The van der Waals surface area contributed by atoms with Gasteiger partial charge in [-0.3, -0.25) is 14.2 Å². The lowest BCUT2D eigenvalue weighted by molar-refractivity contribution is -0.132. The zero-order chi connectivity index (χ0) is 24.4. The fraction of sp³-hybridized carbons (Fsp3) is 0.417. The van der Waals surface area contributed by atoms with Crippen LogP contribution in [0.4, 0.5) is 0 Å². The van der Waals surface area contributed by atoms with Gasteiger partial charge >= 0.3 is 5.97 Å². The number of esters is 1. The Morgan fingerprint density at radius 1 is 1.24 bits per heavy atom. The number of likely N-dealkylation sites (tertiary alicyclic amines) is 1. The topological polar surface area (TPSA) is 100.0 Å². The minimum Gasteiger partial charge on any atom is -0.497 e. The molecule has 0 bridgehead atoms. The fourth-order valence-electron chi connectivity index (χ4n) is 4.39. The van der Waals surface area contributed by atoms with Crippen LogP contribution in [0.3, 0.4) is 0 Å². The highest BCUT2D eigenvalue weighted by molar-refractivity contribution is 7.20. The molecule has 10 heteroatoms. The van der Waals surface area contributed by atoms with E-state index in [1.54, 1.807) is 33.0 Å². The Kier molecular flexibility index (Phi) is 6.87. The van der Waals surface area contributed by atoms with Crippen LogP contribution in [0.5, 0.6) is 11.5 Å². The normalized spacial score (nSPS) is 15.5. The molecule has 180 valence electrons. The maximum absolute atomic E-state index is 13.3. The van der Waals surface area contributed by atoms with E-state index in [-0.39, 0.29) is 30.7 Å². The second-order valence-corrected chi connectivity index (χ2v) is 8.99. The molecule has 9 nitrogen and oxygen atoms in total. The van der Waals surface area contributed by atoms with E-state index in [4.69, 9.17) is 14.2 Å². The highest BCUT2D eigenvalue weighted by Gasteiger charge is 2.32. The van der Waals surface area contributed by atoms with Crippen molar-refractivity contribution in [3.05, 3.63) is 50.9 Å². The summed E-state index contributed by atoms with van der Waals surface area (Å²) in [5, 5.41) is 0.343. The van der Waals surface area contributed by atoms with E-state index >= 15 is 0 Å². The number of rotatable bonds is 7. The Morgan fingerprint density at radius 3 is 2.74 bits per heavy atom. The number of hydrogen-bond donors (Lipinski definition) is 0. The van der Waals surface area contributed by atoms with Crippen molar-refractivity contribution in [1.82, 2.24) is 14.5 Å². The quantitative estimate of drug-likeness (QED) is 0.473. The van der Waals surface area contributed by atoms with Crippen molar-refractivity contribution in [3.63, 3.8) is 0 Å². The lowest BCUT2D eigenvalue weighted by atomic mass is 10.0. The summed E-state index contributed by atoms with van der Waals surface area (Å²) in [6.45, 7) is 4.11. The molecule has 1 atom stereocenters. The van der Waals surface area contributed by atoms with Gasteiger partial charge in [0.15, 0.2) is 0 Å². The van der Waals surface area contributed by atoms with Crippen molar-refractivity contribution in [1.29, 1.82) is 0 Å². The van der Waals surface area contributed by atoms with E-state index in [2.05, 4.69) is 4.98 Å². The third kappa shape index (κ3) is 4.25. The number of thiophene rings is 1. The van der Waals surface area contributed by atoms with Crippen LogP contribution in [0.15, 0.2) is 29.3 Å². The maximum atomic E-state index is 13.3. The first kappa shape index (κ1) is 23.7. The van der Waals surface area contributed by atoms with Gasteiger partial charge in [0.25, 0.3) is 5.56 Å². The molecule has 0 N–H and O–H groups in total. The monoisotopic (exact) mass is 485 g/mol. The number of carbonyl (C=O) groups is 2. The molecule has 0 spiro atoms. The van der Waals surface area contributed by atoms with Gasteiger partial charge in [-0.15, -0.1) is 11.3 Å². The van der Waals surface area contributed by atoms with Crippen LogP contribution in [0.2, 0.25) is 0 Å². The molecular formula is C24H27N3O6S. The van der Waals surface area contributed by atoms with Gasteiger partial charge in [0.05, 0.1) is 38.6 Å². The van der Waals surface area contributed by atoms with Crippen LogP contribution < -0.4 is 15.0 Å². The van der Waals surface area contributed by atoms with Crippen LogP contribution in [0.1, 0.15) is 46.6 Å². The van der Waals surface area contributed by atoms with Crippen molar-refractivity contribution >= 4 is 33.4 Å². The van der Waals surface area contributed by atoms with Crippen molar-refractivity contribution in [3.8, 4) is 11.5 Å². The predicted molar refractivity (Wildman–Crippen MR) is 128 cm³/mol. The molecule has 0 aliphatic carbocycles. The molecule has 1 fully saturated rings. The summed E-state index contributed by atoms with van der Waals surface area (Å²) < 4.78 is 17.3. The van der Waals surface area contributed by atoms with E-state index in [1.165, 1.54) is 10.9 Å². The standard InChI is InChI=1S/C24H27N3O6S/c1-5-33-24(30)21-14(2)20-22(34-21)25-13-26(23(20)29)12-19(28)27-10-6-7-17(27)16-11-15(31-3)8-9-18(16)32-4/h8-9,11,13,17H,5-7,10,12H2,1-4H3. The third-order valence-corrected chi connectivity index (χ3v) is 7.23. The first-order chi connectivity index (χ1) is 16.4. The van der Waals surface area contributed by atoms with Gasteiger partial charge in [-0.05, 0) is 50.5 Å². The van der Waals surface area contributed by atoms with E-state index < -0.39 is 5.97 Å². The summed E-state index contributed by atoms with van der Waals surface area (Å²) in [6, 6.07) is 5.36. The summed E-state index contributed by atoms with van der Waals surface area (Å²) in [7, 11) is 3.19. The van der Waals surface area contributed by atoms with E-state index in [9.17, 15) is 14.4 Å². The first-order valence-corrected chi connectivity index (χ1v) is 11.9. The molecule has 0 radical (unpaired) electrons. The molecule has 1 aromatic carbocycles. The molecule has 3 heterocycles. The Morgan fingerprint density at radius 2 is 2.03 bits per heavy atom. The molecule has 4 rings (SSSR count). The highest BCUT2D eigenvalue weighted by Crippen LogP contribution is 2.39. The SMILES string of the molecule is CCOC(=O)c1sc2ncn(CC(=O)N3CCCC3c3cc(OC)ccc3OC)c(=O)c2c1C. The molecule has 1 aliphatic heterocycles. The van der Waals surface area contributed by atoms with Gasteiger partial charge in [-0.25, -0.2) is 9.78 Å². The van der Waals surface area contributed by atoms with Crippen LogP contribution in [-0.4, -0.2) is 53.7 Å². The van der Waals surface area contributed by atoms with Crippen molar-refractivity contribution in [2.24, 2.45) is 0 Å². The lowest BCUT2D eigenvalue weighted by Crippen LogP contribution is -2.36. The van der Waals surface area contributed by atoms with Crippen LogP contribution >= 0.6 is 11.3 Å². The van der Waals surface area contributed by atoms with Gasteiger partial charge in [0.2, 0.25) is 5.91 Å². The summed E-state index contributed by atoms with van der Waals surface area (Å²) >= 11 is 1.12. The van der Waals surface area contributed by atoms with Gasteiger partial charge in [0, 0.05) is 12.1 Å². The second kappa shape index (κ2) is 9.84. The van der Waals surface area contributed by atoms with Crippen molar-refractivity contribution < 1.29 is 23.8 Å². The van der Waals surface area contributed by atoms with Crippen molar-refractivity contribution in [2.45, 2.75) is 39.3 Å². The van der Waals surface area contributed by atoms with E-state index in [1.807, 2.05) is 18.2 Å². The first-order valence-electron chi connectivity index (χ1n) is 11.1. The molecular weight excluding hydrogens is 458 g/mol. The Balaban J connectivity index is 1.63. The third-order valence-electron chi connectivity index (χ3n) is 6.05.